The zero-order valence-electron chi connectivity index (χ0n) is 14.5. The van der Waals surface area contributed by atoms with E-state index in [1.54, 1.807) is 6.08 Å². The third-order valence-electron chi connectivity index (χ3n) is 3.57. The number of hydrogen-bond acceptors (Lipinski definition) is 0. The van der Waals surface area contributed by atoms with E-state index >= 15 is 0 Å². The van der Waals surface area contributed by atoms with Crippen molar-refractivity contribution in [2.75, 3.05) is 0 Å². The second-order valence-electron chi connectivity index (χ2n) is 5.33. The summed E-state index contributed by atoms with van der Waals surface area (Å²) in [6, 6.07) is 0. The third-order valence-corrected chi connectivity index (χ3v) is 3.57. The van der Waals surface area contributed by atoms with Gasteiger partial charge >= 0.3 is 0 Å². The van der Waals surface area contributed by atoms with Crippen molar-refractivity contribution in [1.82, 2.24) is 4.57 Å². The number of rotatable bonds is 6. The molecule has 0 bridgehead atoms. The minimum absolute atomic E-state index is 1.17. The molecule has 0 aliphatic rings. The summed E-state index contributed by atoms with van der Waals surface area (Å²) >= 11 is 0. The van der Waals surface area contributed by atoms with Crippen LogP contribution in [0, 0.1) is 0 Å². The van der Waals surface area contributed by atoms with Crippen LogP contribution in [0.1, 0.15) is 50.2 Å². The molecule has 0 saturated heterocycles. The van der Waals surface area contributed by atoms with Crippen LogP contribution in [-0.4, -0.2) is 4.57 Å². The van der Waals surface area contributed by atoms with Crippen LogP contribution in [0.5, 0.6) is 0 Å². The van der Waals surface area contributed by atoms with E-state index in [4.69, 9.17) is 0 Å². The Morgan fingerprint density at radius 1 is 1.00 bits per heavy atom. The van der Waals surface area contributed by atoms with Gasteiger partial charge in [0.2, 0.25) is 0 Å². The lowest BCUT2D eigenvalue weighted by Crippen LogP contribution is -1.99. The number of allylic oxidation sites excluding steroid dienone is 7. The Morgan fingerprint density at radius 2 is 1.64 bits per heavy atom. The van der Waals surface area contributed by atoms with Crippen molar-refractivity contribution >= 4 is 23.8 Å². The Balaban J connectivity index is 3.84. The van der Waals surface area contributed by atoms with Gasteiger partial charge in [-0.1, -0.05) is 61.3 Å². The standard InChI is InChI=1S/C21H27N/c1-8-12-15-18(16(5)6)21-17(11-4)19(13-9-2)20(14-10-3)22(21)7/h8-15H,1,4H2,2-3,5-7H3/b13-9-,14-10-,15-12-. The molecule has 22 heavy (non-hydrogen) atoms. The lowest BCUT2D eigenvalue weighted by Gasteiger charge is -2.10. The summed E-state index contributed by atoms with van der Waals surface area (Å²) in [7, 11) is 2.11. The van der Waals surface area contributed by atoms with Crippen molar-refractivity contribution < 1.29 is 0 Å². The molecule has 0 spiro atoms. The Labute approximate surface area is 135 Å². The number of nitrogens with zero attached hydrogens (tertiary/aromatic N) is 1. The molecule has 0 unspecified atom stereocenters. The molecule has 0 radical (unpaired) electrons. The number of aromatic nitrogens is 1. The molecule has 1 heteroatoms. The molecule has 1 aromatic heterocycles. The van der Waals surface area contributed by atoms with Crippen LogP contribution in [0.2, 0.25) is 0 Å². The van der Waals surface area contributed by atoms with Gasteiger partial charge in [-0.3, -0.25) is 0 Å². The van der Waals surface area contributed by atoms with Crippen LogP contribution in [-0.2, 0) is 7.05 Å². The van der Waals surface area contributed by atoms with E-state index in [-0.39, 0.29) is 0 Å². The van der Waals surface area contributed by atoms with E-state index in [9.17, 15) is 0 Å². The SMILES string of the molecule is C=C/C=C\C(=C(C)C)c1c(C=C)c(/C=C\C)c(/C=C\C)n1C. The second-order valence-corrected chi connectivity index (χ2v) is 5.33. The van der Waals surface area contributed by atoms with E-state index < -0.39 is 0 Å². The van der Waals surface area contributed by atoms with Gasteiger partial charge in [0.25, 0.3) is 0 Å². The van der Waals surface area contributed by atoms with Gasteiger partial charge in [0.05, 0.1) is 5.69 Å². The van der Waals surface area contributed by atoms with Gasteiger partial charge in [0.15, 0.2) is 0 Å². The summed E-state index contributed by atoms with van der Waals surface area (Å²) < 4.78 is 2.24. The van der Waals surface area contributed by atoms with Gasteiger partial charge in [-0.15, -0.1) is 0 Å². The minimum Gasteiger partial charge on any atom is -0.343 e. The van der Waals surface area contributed by atoms with Crippen LogP contribution in [0.15, 0.2) is 49.1 Å². The highest BCUT2D eigenvalue weighted by Gasteiger charge is 2.18. The summed E-state index contributed by atoms with van der Waals surface area (Å²) in [5.41, 5.74) is 7.22. The Hall–Kier alpha value is -2.28. The van der Waals surface area contributed by atoms with Crippen molar-refractivity contribution in [3.05, 3.63) is 71.6 Å². The van der Waals surface area contributed by atoms with Gasteiger partial charge in [0, 0.05) is 23.9 Å². The van der Waals surface area contributed by atoms with Gasteiger partial charge in [-0.05, 0) is 39.3 Å². The van der Waals surface area contributed by atoms with Crippen LogP contribution < -0.4 is 0 Å². The molecule has 0 aliphatic heterocycles. The predicted molar refractivity (Wildman–Crippen MR) is 103 cm³/mol. The summed E-state index contributed by atoms with van der Waals surface area (Å²) in [5.74, 6) is 0. The fourth-order valence-electron chi connectivity index (χ4n) is 2.63. The lowest BCUT2D eigenvalue weighted by molar-refractivity contribution is 0.895. The average Bonchev–Trinajstić information content (AvgIpc) is 2.73. The molecule has 116 valence electrons. The fourth-order valence-corrected chi connectivity index (χ4v) is 2.63. The van der Waals surface area contributed by atoms with Crippen LogP contribution >= 0.6 is 0 Å². The maximum Gasteiger partial charge on any atom is 0.0561 e. The van der Waals surface area contributed by atoms with Gasteiger partial charge in [-0.25, -0.2) is 0 Å². The summed E-state index contributed by atoms with van der Waals surface area (Å²) in [4.78, 5) is 0. The third kappa shape index (κ3) is 3.48. The van der Waals surface area contributed by atoms with Gasteiger partial charge in [0.1, 0.15) is 0 Å². The molecule has 0 aromatic carbocycles. The Kier molecular flexibility index (Phi) is 6.65. The van der Waals surface area contributed by atoms with E-state index in [1.807, 2.05) is 26.0 Å². The summed E-state index contributed by atoms with van der Waals surface area (Å²) in [6.07, 6.45) is 16.3. The molecule has 1 rings (SSSR count). The normalized spacial score (nSPS) is 11.7. The molecule has 0 saturated carbocycles. The highest BCUT2D eigenvalue weighted by atomic mass is 15.0. The zero-order valence-corrected chi connectivity index (χ0v) is 14.5. The first-order valence-corrected chi connectivity index (χ1v) is 7.60. The molecule has 0 N–H and O–H groups in total. The second kappa shape index (κ2) is 8.23. The maximum absolute atomic E-state index is 4.03. The van der Waals surface area contributed by atoms with Crippen molar-refractivity contribution in [1.29, 1.82) is 0 Å². The zero-order chi connectivity index (χ0) is 16.7. The minimum atomic E-state index is 1.17. The lowest BCUT2D eigenvalue weighted by atomic mass is 10.00. The first kappa shape index (κ1) is 17.8. The summed E-state index contributed by atoms with van der Waals surface area (Å²) in [6.45, 7) is 16.2. The van der Waals surface area contributed by atoms with Crippen LogP contribution in [0.25, 0.3) is 23.8 Å². The quantitative estimate of drug-likeness (QED) is 0.545. The molecule has 1 heterocycles. The monoisotopic (exact) mass is 293 g/mol. The highest BCUT2D eigenvalue weighted by Crippen LogP contribution is 2.33. The molecule has 1 nitrogen and oxygen atoms in total. The smallest absolute Gasteiger partial charge is 0.0561 e. The Bertz CT molecular complexity index is 669. The maximum atomic E-state index is 4.03. The van der Waals surface area contributed by atoms with Gasteiger partial charge in [-0.2, -0.15) is 0 Å². The van der Waals surface area contributed by atoms with E-state index in [0.717, 1.165) is 0 Å². The molecule has 0 atom stereocenters. The summed E-state index contributed by atoms with van der Waals surface area (Å²) in [5, 5.41) is 0. The Morgan fingerprint density at radius 3 is 2.09 bits per heavy atom. The molecular weight excluding hydrogens is 266 g/mol. The fraction of sp³-hybridized carbons (Fsp3) is 0.238. The highest BCUT2D eigenvalue weighted by molar-refractivity contribution is 5.86. The van der Waals surface area contributed by atoms with E-state index in [0.29, 0.717) is 0 Å². The largest absolute Gasteiger partial charge is 0.343 e. The average molecular weight is 293 g/mol. The van der Waals surface area contributed by atoms with Crippen molar-refractivity contribution in [2.45, 2.75) is 27.7 Å². The van der Waals surface area contributed by atoms with Crippen LogP contribution in [0.4, 0.5) is 0 Å². The van der Waals surface area contributed by atoms with Gasteiger partial charge < -0.3 is 4.57 Å². The van der Waals surface area contributed by atoms with Crippen molar-refractivity contribution in [2.24, 2.45) is 7.05 Å². The first-order chi connectivity index (χ1) is 10.5. The van der Waals surface area contributed by atoms with E-state index in [2.05, 4.69) is 69.0 Å². The van der Waals surface area contributed by atoms with Crippen LogP contribution in [0.3, 0.4) is 0 Å². The number of hydrogen-bond donors (Lipinski definition) is 0. The molecule has 1 aromatic rings. The molecule has 0 aliphatic carbocycles. The predicted octanol–water partition coefficient (Wildman–Crippen LogP) is 6.27. The molecule has 0 amide bonds. The van der Waals surface area contributed by atoms with E-state index in [1.165, 1.54) is 33.7 Å². The van der Waals surface area contributed by atoms with Crippen molar-refractivity contribution in [3.8, 4) is 0 Å². The van der Waals surface area contributed by atoms with Crippen molar-refractivity contribution in [3.63, 3.8) is 0 Å². The first-order valence-electron chi connectivity index (χ1n) is 7.60. The topological polar surface area (TPSA) is 4.93 Å². The molecular formula is C21H27N. The molecule has 0 fully saturated rings.